The Morgan fingerprint density at radius 3 is 1.32 bits per heavy atom. The predicted molar refractivity (Wildman–Crippen MR) is 222 cm³/mol. The molecule has 4 heterocycles. The number of imide groups is 1. The van der Waals surface area contributed by atoms with Crippen molar-refractivity contribution in [3.8, 4) is 0 Å². The SMILES string of the molecule is O=C1C2C3C=CC(C3)C2CN1B1N(c2ccccc2)B(N2CC3C4C=CC(C4)C3C2)N(c2ccccc2)B(N2C(=O)C3C4C=CC(C4)C3C2=O)N1c1ccccc1. The van der Waals surface area contributed by atoms with Gasteiger partial charge in [-0.2, -0.15) is 0 Å². The number of para-hydroxylation sites is 3. The number of benzene rings is 3. The maximum absolute atomic E-state index is 15.3. The molecule has 4 aliphatic heterocycles. The van der Waals surface area contributed by atoms with Crippen LogP contribution in [0.5, 0.6) is 0 Å². The molecule has 12 atom stereocenters. The zero-order chi connectivity index (χ0) is 37.7. The summed E-state index contributed by atoms with van der Waals surface area (Å²) >= 11 is 0. The van der Waals surface area contributed by atoms with Gasteiger partial charge >= 0.3 is 21.4 Å². The highest BCUT2D eigenvalue weighted by molar-refractivity contribution is 7.04. The number of hydrogen-bond donors (Lipinski definition) is 0. The Morgan fingerprint density at radius 1 is 0.404 bits per heavy atom. The van der Waals surface area contributed by atoms with Crippen LogP contribution in [-0.2, 0) is 14.4 Å². The van der Waals surface area contributed by atoms with Crippen LogP contribution >= 0.6 is 0 Å². The molecule has 0 aromatic heterocycles. The van der Waals surface area contributed by atoms with Gasteiger partial charge in [0.05, 0.1) is 11.8 Å². The molecule has 4 saturated heterocycles. The Bertz CT molecular complexity index is 2210. The van der Waals surface area contributed by atoms with E-state index in [1.807, 2.05) is 24.3 Å². The first kappa shape index (κ1) is 33.1. The van der Waals surface area contributed by atoms with Gasteiger partial charge in [-0.05, 0) is 122 Å². The summed E-state index contributed by atoms with van der Waals surface area (Å²) in [7, 11) is -1.85. The molecule has 0 spiro atoms. The average Bonchev–Trinajstić information content (AvgIpc) is 4.11. The first-order valence-corrected chi connectivity index (χ1v) is 21.5. The molecule has 3 aromatic rings. The lowest BCUT2D eigenvalue weighted by atomic mass is 9.52. The number of carbonyl (C=O) groups is 3. The van der Waals surface area contributed by atoms with Gasteiger partial charge in [-0.15, -0.1) is 0 Å². The van der Waals surface area contributed by atoms with Crippen molar-refractivity contribution in [1.82, 2.24) is 14.4 Å². The molecule has 3 aromatic carbocycles. The Balaban J connectivity index is 1.06. The van der Waals surface area contributed by atoms with Gasteiger partial charge < -0.3 is 23.8 Å². The summed E-state index contributed by atoms with van der Waals surface area (Å²) in [5, 5.41) is 0. The van der Waals surface area contributed by atoms with E-state index in [4.69, 9.17) is 0 Å². The van der Waals surface area contributed by atoms with Gasteiger partial charge in [-0.3, -0.25) is 19.2 Å². The van der Waals surface area contributed by atoms with Crippen LogP contribution in [0.4, 0.5) is 17.1 Å². The number of allylic oxidation sites excluding steroid dienone is 6. The normalized spacial score (nSPS) is 38.0. The van der Waals surface area contributed by atoms with E-state index in [2.05, 4.69) is 127 Å². The predicted octanol–water partition coefficient (Wildman–Crippen LogP) is 5.32. The highest BCUT2D eigenvalue weighted by Gasteiger charge is 2.71. The van der Waals surface area contributed by atoms with Crippen LogP contribution in [0.25, 0.3) is 0 Å². The summed E-state index contributed by atoms with van der Waals surface area (Å²) in [5.74, 6) is 2.57. The average molecular weight is 750 g/mol. The summed E-state index contributed by atoms with van der Waals surface area (Å²) in [5.41, 5.74) is 2.82. The summed E-state index contributed by atoms with van der Waals surface area (Å²) in [6.07, 6.45) is 17.1. The second kappa shape index (κ2) is 12.0. The Hall–Kier alpha value is -4.96. The molecule has 12 unspecified atom stereocenters. The van der Waals surface area contributed by atoms with Crippen LogP contribution in [0.15, 0.2) is 127 Å². The standard InChI is InChI=1S/C45H45B3N6O3/c55-43-40-31-19-18-30(23-31)39(40)27-50(43)47-52(34-10-4-1-5-11-34)46(49-25-37-28-16-17-29(22-28)38(37)26-49)53(35-12-6-2-7-13-35)48(54(47)36-14-8-3-9-15-36)51-44(56)41-32-20-21-33(24-32)42(41)45(51)57/h1-21,28-33,37-42H,22-27H2. The molecule has 3 saturated carbocycles. The fraction of sp³-hybridized carbons (Fsp3) is 0.400. The van der Waals surface area contributed by atoms with Crippen LogP contribution in [0.1, 0.15) is 19.3 Å². The van der Waals surface area contributed by atoms with Crippen LogP contribution in [-0.4, -0.2) is 73.1 Å². The van der Waals surface area contributed by atoms with E-state index in [1.54, 1.807) is 4.81 Å². The second-order valence-corrected chi connectivity index (χ2v) is 18.7. The largest absolute Gasteiger partial charge is 0.493 e. The van der Waals surface area contributed by atoms with E-state index in [0.29, 0.717) is 36.1 Å². The van der Waals surface area contributed by atoms with Gasteiger partial charge in [-0.1, -0.05) is 91.1 Å². The fourth-order valence-electron chi connectivity index (χ4n) is 14.0. The molecule has 13 rings (SSSR count). The van der Waals surface area contributed by atoms with Crippen molar-refractivity contribution in [2.45, 2.75) is 19.3 Å². The highest BCUT2D eigenvalue weighted by atomic mass is 16.2. The smallest absolute Gasteiger partial charge is 0.390 e. The van der Waals surface area contributed by atoms with Gasteiger partial charge in [0, 0.05) is 29.5 Å². The number of amides is 3. The fourth-order valence-corrected chi connectivity index (χ4v) is 14.0. The van der Waals surface area contributed by atoms with E-state index in [9.17, 15) is 0 Å². The lowest BCUT2D eigenvalue weighted by Crippen LogP contribution is -2.89. The third-order valence-corrected chi connectivity index (χ3v) is 16.3. The number of rotatable bonds is 6. The van der Waals surface area contributed by atoms with Crippen molar-refractivity contribution in [2.24, 2.45) is 71.0 Å². The number of nitrogens with zero attached hydrogens (tertiary/aromatic N) is 6. The van der Waals surface area contributed by atoms with Crippen LogP contribution < -0.4 is 14.2 Å². The minimum Gasteiger partial charge on any atom is -0.390 e. The third-order valence-electron chi connectivity index (χ3n) is 16.3. The second-order valence-electron chi connectivity index (χ2n) is 18.7. The summed E-state index contributed by atoms with van der Waals surface area (Å²) < 4.78 is 7.14. The molecule has 0 N–H and O–H groups in total. The van der Waals surface area contributed by atoms with Gasteiger partial charge in [0.2, 0.25) is 17.7 Å². The maximum atomic E-state index is 15.3. The first-order valence-electron chi connectivity index (χ1n) is 21.5. The molecule has 282 valence electrons. The first-order chi connectivity index (χ1) is 28.0. The van der Waals surface area contributed by atoms with E-state index in [1.165, 1.54) is 6.42 Å². The van der Waals surface area contributed by atoms with Gasteiger partial charge in [0.15, 0.2) is 0 Å². The molecule has 6 aliphatic carbocycles. The van der Waals surface area contributed by atoms with Gasteiger partial charge in [-0.25, -0.2) is 0 Å². The van der Waals surface area contributed by atoms with Crippen LogP contribution in [0.2, 0.25) is 0 Å². The third kappa shape index (κ3) is 4.45. The van der Waals surface area contributed by atoms with Crippen LogP contribution in [0, 0.1) is 71.0 Å². The topological polar surface area (TPSA) is 70.7 Å². The minimum absolute atomic E-state index is 0.0525. The molecule has 7 fully saturated rings. The zero-order valence-corrected chi connectivity index (χ0v) is 31.9. The highest BCUT2D eigenvalue weighted by Crippen LogP contribution is 2.56. The van der Waals surface area contributed by atoms with E-state index >= 15 is 14.4 Å². The number of hydrogen-bond acceptors (Lipinski definition) is 7. The van der Waals surface area contributed by atoms with E-state index in [0.717, 1.165) is 43.0 Å². The molecule has 9 nitrogen and oxygen atoms in total. The van der Waals surface area contributed by atoms with E-state index in [-0.39, 0.29) is 59.1 Å². The summed E-state index contributed by atoms with van der Waals surface area (Å²) in [4.78, 5) is 52.4. The molecular formula is C45H45B3N6O3. The number of anilines is 3. The summed E-state index contributed by atoms with van der Waals surface area (Å²) in [6, 6.07) is 31.4. The van der Waals surface area contributed by atoms with Gasteiger partial charge in [0.1, 0.15) is 0 Å². The Morgan fingerprint density at radius 2 is 0.807 bits per heavy atom. The van der Waals surface area contributed by atoms with Crippen LogP contribution in [0.3, 0.4) is 0 Å². The quantitative estimate of drug-likeness (QED) is 0.192. The lowest BCUT2D eigenvalue weighted by molar-refractivity contribution is -0.135. The molecule has 10 aliphatic rings. The molecule has 3 amide bonds. The van der Waals surface area contributed by atoms with E-state index < -0.39 is 21.4 Å². The molecule has 12 heteroatoms. The molecule has 6 bridgehead atoms. The number of fused-ring (bicyclic) bond motifs is 15. The maximum Gasteiger partial charge on any atom is 0.493 e. The van der Waals surface area contributed by atoms with Crippen molar-refractivity contribution in [2.75, 3.05) is 33.8 Å². The lowest BCUT2D eigenvalue weighted by Gasteiger charge is -2.59. The Labute approximate surface area is 335 Å². The molecule has 0 radical (unpaired) electrons. The Kier molecular flexibility index (Phi) is 6.98. The monoisotopic (exact) mass is 750 g/mol. The number of carbonyl (C=O) groups excluding carboxylic acids is 3. The van der Waals surface area contributed by atoms with Crippen molar-refractivity contribution >= 4 is 56.1 Å². The van der Waals surface area contributed by atoms with Crippen molar-refractivity contribution < 1.29 is 14.4 Å². The zero-order valence-electron chi connectivity index (χ0n) is 31.9. The van der Waals surface area contributed by atoms with Crippen molar-refractivity contribution in [1.29, 1.82) is 0 Å². The van der Waals surface area contributed by atoms with Gasteiger partial charge in [0.25, 0.3) is 0 Å². The molecule has 57 heavy (non-hydrogen) atoms. The summed E-state index contributed by atoms with van der Waals surface area (Å²) in [6.45, 7) is 2.46. The van der Waals surface area contributed by atoms with Crippen molar-refractivity contribution in [3.05, 3.63) is 127 Å². The van der Waals surface area contributed by atoms with Crippen molar-refractivity contribution in [3.63, 3.8) is 0 Å². The molecular weight excluding hydrogens is 705 g/mol. The minimum atomic E-state index is -0.826.